The molecule has 0 aliphatic heterocycles. The molecule has 1 aromatic carbocycles. The van der Waals surface area contributed by atoms with Gasteiger partial charge in [-0.15, -0.1) is 0 Å². The number of amides is 1. The number of Topliss-reactive ketones (excluding diaryl/α,β-unsaturated/α-hetero) is 1. The molecule has 1 aromatic rings. The molecule has 0 radical (unpaired) electrons. The second-order valence-corrected chi connectivity index (χ2v) is 8.63. The number of hydrogen-bond acceptors (Lipinski definition) is 6. The fraction of sp³-hybridized carbons (Fsp3) is 0.522. The number of benzene rings is 1. The van der Waals surface area contributed by atoms with E-state index in [9.17, 15) is 14.4 Å². The number of carbonyl (C=O) groups is 3. The van der Waals surface area contributed by atoms with Crippen LogP contribution in [0.4, 0.5) is 10.5 Å². The molecule has 1 rings (SSSR count). The van der Waals surface area contributed by atoms with E-state index in [0.29, 0.717) is 5.56 Å². The van der Waals surface area contributed by atoms with E-state index in [1.165, 1.54) is 7.11 Å². The molecule has 7 heteroatoms. The molecule has 0 aromatic heterocycles. The van der Waals surface area contributed by atoms with E-state index >= 15 is 0 Å². The van der Waals surface area contributed by atoms with Gasteiger partial charge in [-0.2, -0.15) is 0 Å². The quantitative estimate of drug-likeness (QED) is 0.421. The van der Waals surface area contributed by atoms with E-state index in [-0.39, 0.29) is 36.5 Å². The molecule has 0 saturated heterocycles. The molecule has 7 nitrogen and oxygen atoms in total. The highest BCUT2D eigenvalue weighted by atomic mass is 16.6. The van der Waals surface area contributed by atoms with Crippen LogP contribution in [-0.4, -0.2) is 42.8 Å². The van der Waals surface area contributed by atoms with Crippen LogP contribution in [0.3, 0.4) is 0 Å². The molecule has 0 heterocycles. The second-order valence-electron chi connectivity index (χ2n) is 8.63. The molecule has 1 N–H and O–H groups in total. The Morgan fingerprint density at radius 3 is 2.17 bits per heavy atom. The first-order valence-corrected chi connectivity index (χ1v) is 9.67. The van der Waals surface area contributed by atoms with Crippen LogP contribution in [-0.2, 0) is 19.0 Å². The molecule has 0 atom stereocenters. The smallest absolute Gasteiger partial charge is 0.412 e. The molecule has 0 aliphatic rings. The number of carbonyl (C=O) groups excluding carboxylic acids is 3. The summed E-state index contributed by atoms with van der Waals surface area (Å²) in [5, 5.41) is 2.61. The Bertz CT molecular complexity index is 834. The van der Waals surface area contributed by atoms with Crippen LogP contribution in [0.5, 0.6) is 0 Å². The maximum Gasteiger partial charge on any atom is 0.412 e. The summed E-state index contributed by atoms with van der Waals surface area (Å²) in [5.41, 5.74) is -0.182. The summed E-state index contributed by atoms with van der Waals surface area (Å²) in [4.78, 5) is 36.9. The van der Waals surface area contributed by atoms with Crippen molar-refractivity contribution in [3.63, 3.8) is 0 Å². The Hall–Kier alpha value is -2.85. The van der Waals surface area contributed by atoms with Crippen molar-refractivity contribution in [2.24, 2.45) is 0 Å². The predicted octanol–water partition coefficient (Wildman–Crippen LogP) is 4.34. The Morgan fingerprint density at radius 2 is 1.60 bits per heavy atom. The topological polar surface area (TPSA) is 90.9 Å². The summed E-state index contributed by atoms with van der Waals surface area (Å²) in [6.45, 7) is 10.8. The number of esters is 1. The standard InChI is InChI=1S/C23H31NO6/c1-22(2,3)29-20(26)13-12-19(25)17-11-10-16(9-8-14-28-7)15-18(17)24-21(27)30-23(4,5)6/h10-11,15H,12-14H2,1-7H3,(H,24,27). The van der Waals surface area contributed by atoms with E-state index in [0.717, 1.165) is 0 Å². The molecule has 0 unspecified atom stereocenters. The first-order valence-electron chi connectivity index (χ1n) is 9.67. The number of ketones is 1. The van der Waals surface area contributed by atoms with Gasteiger partial charge in [0.25, 0.3) is 0 Å². The summed E-state index contributed by atoms with van der Waals surface area (Å²) >= 11 is 0. The van der Waals surface area contributed by atoms with Crippen molar-refractivity contribution in [3.8, 4) is 11.8 Å². The fourth-order valence-corrected chi connectivity index (χ4v) is 2.34. The average Bonchev–Trinajstić information content (AvgIpc) is 2.57. The minimum absolute atomic E-state index is 0.0490. The molecule has 0 saturated carbocycles. The molecule has 0 bridgehead atoms. The molecule has 0 aliphatic carbocycles. The van der Waals surface area contributed by atoms with Gasteiger partial charge in [-0.1, -0.05) is 11.8 Å². The maximum atomic E-state index is 12.7. The molecule has 1 amide bonds. The lowest BCUT2D eigenvalue weighted by Crippen LogP contribution is -2.28. The van der Waals surface area contributed by atoms with Gasteiger partial charge in [-0.25, -0.2) is 4.79 Å². The van der Waals surface area contributed by atoms with E-state index in [2.05, 4.69) is 17.2 Å². The summed E-state index contributed by atoms with van der Waals surface area (Å²) < 4.78 is 15.4. The van der Waals surface area contributed by atoms with E-state index in [4.69, 9.17) is 14.2 Å². The van der Waals surface area contributed by atoms with Crippen molar-refractivity contribution >= 4 is 23.5 Å². The normalized spacial score (nSPS) is 11.2. The second kappa shape index (κ2) is 10.8. The minimum atomic E-state index is -0.694. The van der Waals surface area contributed by atoms with Gasteiger partial charge < -0.3 is 14.2 Å². The van der Waals surface area contributed by atoms with Gasteiger partial charge in [0, 0.05) is 24.7 Å². The monoisotopic (exact) mass is 417 g/mol. The minimum Gasteiger partial charge on any atom is -0.460 e. The third-order valence-electron chi connectivity index (χ3n) is 3.38. The number of ether oxygens (including phenoxy) is 3. The van der Waals surface area contributed by atoms with E-state index in [1.807, 2.05) is 0 Å². The SMILES string of the molecule is COCC#Cc1ccc(C(=O)CCC(=O)OC(C)(C)C)c(NC(=O)OC(C)(C)C)c1. The van der Waals surface area contributed by atoms with Crippen LogP contribution in [0.15, 0.2) is 18.2 Å². The van der Waals surface area contributed by atoms with Crippen molar-refractivity contribution in [3.05, 3.63) is 29.3 Å². The van der Waals surface area contributed by atoms with Crippen molar-refractivity contribution in [2.75, 3.05) is 19.0 Å². The van der Waals surface area contributed by atoms with Crippen LogP contribution in [0.2, 0.25) is 0 Å². The number of nitrogens with one attached hydrogen (secondary N) is 1. The lowest BCUT2D eigenvalue weighted by Gasteiger charge is -2.21. The van der Waals surface area contributed by atoms with Crippen LogP contribution in [0.25, 0.3) is 0 Å². The Balaban J connectivity index is 3.04. The first-order chi connectivity index (χ1) is 13.8. The highest BCUT2D eigenvalue weighted by Gasteiger charge is 2.21. The first kappa shape index (κ1) is 25.2. The third kappa shape index (κ3) is 10.1. The number of rotatable bonds is 6. The molecule has 30 heavy (non-hydrogen) atoms. The average molecular weight is 418 g/mol. The van der Waals surface area contributed by atoms with Gasteiger partial charge in [0.15, 0.2) is 5.78 Å². The van der Waals surface area contributed by atoms with E-state index in [1.54, 1.807) is 59.7 Å². The van der Waals surface area contributed by atoms with Crippen LogP contribution in [0.1, 0.15) is 70.3 Å². The van der Waals surface area contributed by atoms with Crippen molar-refractivity contribution in [1.82, 2.24) is 0 Å². The molecule has 0 spiro atoms. The van der Waals surface area contributed by atoms with Gasteiger partial charge >= 0.3 is 12.1 Å². The third-order valence-corrected chi connectivity index (χ3v) is 3.38. The van der Waals surface area contributed by atoms with Crippen molar-refractivity contribution < 1.29 is 28.6 Å². The molecule has 0 fully saturated rings. The van der Waals surface area contributed by atoms with Crippen LogP contribution in [0, 0.1) is 11.8 Å². The van der Waals surface area contributed by atoms with Gasteiger partial charge in [0.1, 0.15) is 17.8 Å². The zero-order chi connectivity index (χ0) is 22.9. The highest BCUT2D eigenvalue weighted by molar-refractivity contribution is 6.05. The predicted molar refractivity (Wildman–Crippen MR) is 114 cm³/mol. The Morgan fingerprint density at radius 1 is 0.967 bits per heavy atom. The van der Waals surface area contributed by atoms with Gasteiger partial charge in [0.2, 0.25) is 0 Å². The summed E-state index contributed by atoms with van der Waals surface area (Å²) in [5.74, 6) is 4.95. The maximum absolute atomic E-state index is 12.7. The Kier molecular flexibility index (Phi) is 9.06. The van der Waals surface area contributed by atoms with Crippen molar-refractivity contribution in [2.45, 2.75) is 65.6 Å². The van der Waals surface area contributed by atoms with Crippen molar-refractivity contribution in [1.29, 1.82) is 0 Å². The number of methoxy groups -OCH3 is 1. The highest BCUT2D eigenvalue weighted by Crippen LogP contribution is 2.22. The molecule has 164 valence electrons. The Labute approximate surface area is 178 Å². The summed E-state index contributed by atoms with van der Waals surface area (Å²) in [6.07, 6.45) is -0.796. The van der Waals surface area contributed by atoms with Crippen LogP contribution >= 0.6 is 0 Å². The lowest BCUT2D eigenvalue weighted by molar-refractivity contribution is -0.154. The lowest BCUT2D eigenvalue weighted by atomic mass is 10.0. The fourth-order valence-electron chi connectivity index (χ4n) is 2.34. The number of hydrogen-bond donors (Lipinski definition) is 1. The molecular weight excluding hydrogens is 386 g/mol. The zero-order valence-electron chi connectivity index (χ0n) is 18.8. The number of anilines is 1. The van der Waals surface area contributed by atoms with Gasteiger partial charge in [-0.05, 0) is 59.7 Å². The summed E-state index contributed by atoms with van der Waals surface area (Å²) in [7, 11) is 1.54. The van der Waals surface area contributed by atoms with E-state index < -0.39 is 23.3 Å². The molecular formula is C23H31NO6. The van der Waals surface area contributed by atoms with Gasteiger partial charge in [-0.3, -0.25) is 14.9 Å². The summed E-state index contributed by atoms with van der Waals surface area (Å²) in [6, 6.07) is 4.83. The van der Waals surface area contributed by atoms with Crippen LogP contribution < -0.4 is 5.32 Å². The largest absolute Gasteiger partial charge is 0.460 e. The zero-order valence-corrected chi connectivity index (χ0v) is 18.8. The van der Waals surface area contributed by atoms with Gasteiger partial charge in [0.05, 0.1) is 12.1 Å².